The molecule has 5 nitrogen and oxygen atoms in total. The fourth-order valence-corrected chi connectivity index (χ4v) is 2.84. The van der Waals surface area contributed by atoms with E-state index in [0.29, 0.717) is 5.56 Å². The Morgan fingerprint density at radius 3 is 2.56 bits per heavy atom. The highest BCUT2D eigenvalue weighted by Crippen LogP contribution is 2.25. The molecule has 1 amide bonds. The summed E-state index contributed by atoms with van der Waals surface area (Å²) < 4.78 is 4.76. The first kappa shape index (κ1) is 17.0. The van der Waals surface area contributed by atoms with Crippen LogP contribution in [0.4, 0.5) is 11.4 Å². The van der Waals surface area contributed by atoms with Crippen LogP contribution in [0.2, 0.25) is 0 Å². The summed E-state index contributed by atoms with van der Waals surface area (Å²) in [6, 6.07) is 12.9. The molecule has 1 aliphatic rings. The lowest BCUT2D eigenvalue weighted by Crippen LogP contribution is -2.42. The van der Waals surface area contributed by atoms with Crippen molar-refractivity contribution in [3.05, 3.63) is 59.2 Å². The third-order valence-electron chi connectivity index (χ3n) is 4.44. The third kappa shape index (κ3) is 3.65. The molecule has 1 saturated heterocycles. The normalized spacial score (nSPS) is 13.1. The van der Waals surface area contributed by atoms with E-state index < -0.39 is 0 Å². The van der Waals surface area contributed by atoms with Crippen LogP contribution in [0.5, 0.6) is 0 Å². The van der Waals surface area contributed by atoms with Gasteiger partial charge in [0.2, 0.25) is 0 Å². The molecule has 2 aromatic carbocycles. The molecule has 1 aliphatic heterocycles. The standard InChI is InChI=1S/C20H22N2O3/c1-3-14-12-15(19(23)22-10-5-11-22)8-9-18(14)21-17-7-4-6-16(13-17)20(24)25-2/h4,6-9,12-13,21H,3,5,10-11H2,1-2H3. The second-order valence-electron chi connectivity index (χ2n) is 6.07. The Morgan fingerprint density at radius 1 is 1.12 bits per heavy atom. The van der Waals surface area contributed by atoms with Gasteiger partial charge >= 0.3 is 5.97 Å². The molecule has 0 aliphatic carbocycles. The molecule has 1 heterocycles. The minimum Gasteiger partial charge on any atom is -0.465 e. The van der Waals surface area contributed by atoms with Gasteiger partial charge in [0, 0.05) is 30.0 Å². The minimum atomic E-state index is -0.366. The van der Waals surface area contributed by atoms with E-state index in [1.54, 1.807) is 12.1 Å². The number of amides is 1. The zero-order valence-electron chi connectivity index (χ0n) is 14.5. The number of esters is 1. The molecule has 2 aromatic rings. The molecular weight excluding hydrogens is 316 g/mol. The summed E-state index contributed by atoms with van der Waals surface area (Å²) in [7, 11) is 1.37. The van der Waals surface area contributed by atoms with Crippen molar-refractivity contribution in [3.8, 4) is 0 Å². The summed E-state index contributed by atoms with van der Waals surface area (Å²) in [5.74, 6) is -0.268. The van der Waals surface area contributed by atoms with Crippen LogP contribution in [0.1, 0.15) is 39.6 Å². The topological polar surface area (TPSA) is 58.6 Å². The number of aryl methyl sites for hydroxylation is 1. The van der Waals surface area contributed by atoms with Gasteiger partial charge in [-0.3, -0.25) is 4.79 Å². The van der Waals surface area contributed by atoms with E-state index in [9.17, 15) is 9.59 Å². The maximum Gasteiger partial charge on any atom is 0.337 e. The average molecular weight is 338 g/mol. The zero-order valence-corrected chi connectivity index (χ0v) is 14.5. The van der Waals surface area contributed by atoms with Gasteiger partial charge in [-0.05, 0) is 54.8 Å². The van der Waals surface area contributed by atoms with Gasteiger partial charge in [-0.2, -0.15) is 0 Å². The van der Waals surface area contributed by atoms with Gasteiger partial charge < -0.3 is 15.0 Å². The van der Waals surface area contributed by atoms with Crippen molar-refractivity contribution in [1.82, 2.24) is 4.90 Å². The van der Waals surface area contributed by atoms with Crippen molar-refractivity contribution in [1.29, 1.82) is 0 Å². The second-order valence-corrected chi connectivity index (χ2v) is 6.07. The first-order valence-corrected chi connectivity index (χ1v) is 8.50. The molecule has 0 unspecified atom stereocenters. The number of nitrogens with zero attached hydrogens (tertiary/aromatic N) is 1. The Balaban J connectivity index is 1.82. The van der Waals surface area contributed by atoms with Crippen molar-refractivity contribution in [2.45, 2.75) is 19.8 Å². The number of likely N-dealkylation sites (tertiary alicyclic amines) is 1. The van der Waals surface area contributed by atoms with Crippen molar-refractivity contribution in [2.75, 3.05) is 25.5 Å². The van der Waals surface area contributed by atoms with E-state index in [0.717, 1.165) is 48.4 Å². The number of hydrogen-bond donors (Lipinski definition) is 1. The van der Waals surface area contributed by atoms with E-state index in [2.05, 4.69) is 12.2 Å². The molecule has 0 radical (unpaired) electrons. The van der Waals surface area contributed by atoms with Gasteiger partial charge in [0.1, 0.15) is 0 Å². The molecule has 130 valence electrons. The van der Waals surface area contributed by atoms with E-state index in [1.165, 1.54) is 7.11 Å². The van der Waals surface area contributed by atoms with Gasteiger partial charge in [0.25, 0.3) is 5.91 Å². The van der Waals surface area contributed by atoms with E-state index in [4.69, 9.17) is 4.74 Å². The number of nitrogens with one attached hydrogen (secondary N) is 1. The van der Waals surface area contributed by atoms with Crippen LogP contribution in [0, 0.1) is 0 Å². The Bertz CT molecular complexity index is 797. The minimum absolute atomic E-state index is 0.0974. The summed E-state index contributed by atoms with van der Waals surface area (Å²) in [4.78, 5) is 25.9. The number of methoxy groups -OCH3 is 1. The van der Waals surface area contributed by atoms with Crippen LogP contribution >= 0.6 is 0 Å². The Labute approximate surface area is 147 Å². The van der Waals surface area contributed by atoms with Crippen LogP contribution in [-0.4, -0.2) is 37.0 Å². The van der Waals surface area contributed by atoms with Gasteiger partial charge in [0.15, 0.2) is 0 Å². The lowest BCUT2D eigenvalue weighted by atomic mass is 10.0. The van der Waals surface area contributed by atoms with Crippen molar-refractivity contribution < 1.29 is 14.3 Å². The van der Waals surface area contributed by atoms with Crippen LogP contribution in [0.15, 0.2) is 42.5 Å². The maximum atomic E-state index is 12.4. The molecule has 0 spiro atoms. The van der Waals surface area contributed by atoms with Gasteiger partial charge in [-0.15, -0.1) is 0 Å². The first-order valence-electron chi connectivity index (χ1n) is 8.50. The quantitative estimate of drug-likeness (QED) is 0.846. The lowest BCUT2D eigenvalue weighted by molar-refractivity contribution is 0.0599. The molecule has 3 rings (SSSR count). The molecule has 0 saturated carbocycles. The number of carbonyl (C=O) groups is 2. The average Bonchev–Trinajstić information content (AvgIpc) is 2.60. The summed E-state index contributed by atoms with van der Waals surface area (Å²) in [6.45, 7) is 3.75. The number of anilines is 2. The van der Waals surface area contributed by atoms with Crippen molar-refractivity contribution in [2.24, 2.45) is 0 Å². The molecule has 25 heavy (non-hydrogen) atoms. The molecule has 1 fully saturated rings. The Hall–Kier alpha value is -2.82. The van der Waals surface area contributed by atoms with Gasteiger partial charge in [-0.25, -0.2) is 4.79 Å². The molecule has 5 heteroatoms. The van der Waals surface area contributed by atoms with Gasteiger partial charge in [0.05, 0.1) is 12.7 Å². The molecule has 0 atom stereocenters. The van der Waals surface area contributed by atoms with Crippen LogP contribution in [-0.2, 0) is 11.2 Å². The smallest absolute Gasteiger partial charge is 0.337 e. The number of rotatable bonds is 5. The van der Waals surface area contributed by atoms with Crippen LogP contribution in [0.3, 0.4) is 0 Å². The Morgan fingerprint density at radius 2 is 1.92 bits per heavy atom. The van der Waals surface area contributed by atoms with Crippen molar-refractivity contribution in [3.63, 3.8) is 0 Å². The fraction of sp³-hybridized carbons (Fsp3) is 0.300. The largest absolute Gasteiger partial charge is 0.465 e. The van der Waals surface area contributed by atoms with Crippen LogP contribution in [0.25, 0.3) is 0 Å². The van der Waals surface area contributed by atoms with E-state index in [1.807, 2.05) is 35.2 Å². The van der Waals surface area contributed by atoms with Crippen LogP contribution < -0.4 is 5.32 Å². The summed E-state index contributed by atoms with van der Waals surface area (Å²) in [5, 5.41) is 3.33. The summed E-state index contributed by atoms with van der Waals surface area (Å²) in [6.07, 6.45) is 1.89. The Kier molecular flexibility index (Phi) is 5.03. The zero-order chi connectivity index (χ0) is 17.8. The summed E-state index contributed by atoms with van der Waals surface area (Å²) >= 11 is 0. The SMILES string of the molecule is CCc1cc(C(=O)N2CCC2)ccc1Nc1cccc(C(=O)OC)c1. The van der Waals surface area contributed by atoms with Gasteiger partial charge in [-0.1, -0.05) is 13.0 Å². The summed E-state index contributed by atoms with van der Waals surface area (Å²) in [5.41, 5.74) is 4.03. The van der Waals surface area contributed by atoms with E-state index in [-0.39, 0.29) is 11.9 Å². The molecular formula is C20H22N2O3. The number of ether oxygens (including phenoxy) is 1. The highest BCUT2D eigenvalue weighted by Gasteiger charge is 2.22. The number of benzene rings is 2. The fourth-order valence-electron chi connectivity index (χ4n) is 2.84. The first-order chi connectivity index (χ1) is 12.1. The predicted molar refractivity (Wildman–Crippen MR) is 97.4 cm³/mol. The molecule has 0 bridgehead atoms. The molecule has 0 aromatic heterocycles. The molecule has 1 N–H and O–H groups in total. The highest BCUT2D eigenvalue weighted by atomic mass is 16.5. The number of carbonyl (C=O) groups excluding carboxylic acids is 2. The number of hydrogen-bond acceptors (Lipinski definition) is 4. The van der Waals surface area contributed by atoms with Crippen molar-refractivity contribution >= 4 is 23.3 Å². The second kappa shape index (κ2) is 7.38. The third-order valence-corrected chi connectivity index (χ3v) is 4.44. The predicted octanol–water partition coefficient (Wildman–Crippen LogP) is 3.63. The van der Waals surface area contributed by atoms with E-state index >= 15 is 0 Å². The lowest BCUT2D eigenvalue weighted by Gasteiger charge is -2.31. The monoisotopic (exact) mass is 338 g/mol. The highest BCUT2D eigenvalue weighted by molar-refractivity contribution is 5.95. The maximum absolute atomic E-state index is 12.4.